The van der Waals surface area contributed by atoms with Crippen LogP contribution in [0, 0.1) is 11.6 Å². The molecule has 26 heavy (non-hydrogen) atoms. The van der Waals surface area contributed by atoms with E-state index in [-0.39, 0.29) is 28.9 Å². The van der Waals surface area contributed by atoms with Gasteiger partial charge in [-0.3, -0.25) is 0 Å². The molecule has 6 nitrogen and oxygen atoms in total. The minimum Gasteiger partial charge on any atom is -0.387 e. The third-order valence-corrected chi connectivity index (χ3v) is 4.20. The monoisotopic (exact) mass is 362 g/mol. The van der Waals surface area contributed by atoms with Gasteiger partial charge in [0, 0.05) is 12.1 Å². The van der Waals surface area contributed by atoms with Crippen molar-refractivity contribution in [2.75, 3.05) is 25.1 Å². The van der Waals surface area contributed by atoms with Crippen molar-refractivity contribution >= 4 is 16.8 Å². The fraction of sp³-hybridized carbons (Fsp3) is 0.278. The predicted octanol–water partition coefficient (Wildman–Crippen LogP) is 3.30. The quantitative estimate of drug-likeness (QED) is 0.725. The minimum atomic E-state index is -1.15. The van der Waals surface area contributed by atoms with Gasteiger partial charge in [-0.25, -0.2) is 4.39 Å². The summed E-state index contributed by atoms with van der Waals surface area (Å²) in [5.41, 5.74) is 0.363. The summed E-state index contributed by atoms with van der Waals surface area (Å²) in [4.78, 5) is 0. The zero-order valence-electron chi connectivity index (χ0n) is 13.6. The average molecular weight is 362 g/mol. The number of aliphatic hydroxyl groups is 1. The third kappa shape index (κ3) is 3.03. The van der Waals surface area contributed by atoms with E-state index in [1.165, 1.54) is 6.07 Å². The number of hydrogen-bond donors (Lipinski definition) is 2. The largest absolute Gasteiger partial charge is 0.387 e. The number of aliphatic hydroxyl groups excluding tert-OH is 1. The molecule has 8 heteroatoms. The summed E-state index contributed by atoms with van der Waals surface area (Å²) in [5, 5.41) is 17.1. The zero-order valence-corrected chi connectivity index (χ0v) is 13.6. The Hall–Kier alpha value is -2.55. The number of halogens is 2. The molecule has 0 aliphatic carbocycles. The van der Waals surface area contributed by atoms with Crippen LogP contribution in [0.25, 0.3) is 11.0 Å². The summed E-state index contributed by atoms with van der Waals surface area (Å²) in [6.07, 6.45) is -1.76. The smallest absolute Gasteiger partial charge is 0.207 e. The molecule has 136 valence electrons. The molecule has 2 N–H and O–H groups in total. The number of rotatable bonds is 5. The number of aromatic nitrogens is 1. The fourth-order valence-electron chi connectivity index (χ4n) is 2.86. The molecule has 1 aliphatic heterocycles. The van der Waals surface area contributed by atoms with Gasteiger partial charge < -0.3 is 24.4 Å². The summed E-state index contributed by atoms with van der Waals surface area (Å²) in [6, 6.07) is 10.4. The standard InChI is InChI=1S/C18H16F2N2O4/c19-14-11(18-24-6-7-25-18)8-12-16(15(14)20)26-22-17(12)21-9-13(23)10-4-2-1-3-5-10/h1-5,8,13,18,23H,6-7,9H2,(H,21,22)/t13-/m0/s1. The number of fused-ring (bicyclic) bond motifs is 1. The highest BCUT2D eigenvalue weighted by molar-refractivity contribution is 5.89. The first-order valence-electron chi connectivity index (χ1n) is 8.12. The number of hydrogen-bond acceptors (Lipinski definition) is 6. The van der Waals surface area contributed by atoms with Crippen LogP contribution < -0.4 is 5.32 Å². The number of ether oxygens (including phenoxy) is 2. The van der Waals surface area contributed by atoms with Crippen molar-refractivity contribution in [1.29, 1.82) is 0 Å². The van der Waals surface area contributed by atoms with Gasteiger partial charge in [0.1, 0.15) is 0 Å². The first kappa shape index (κ1) is 16.9. The summed E-state index contributed by atoms with van der Waals surface area (Å²) in [6.45, 7) is 0.736. The Morgan fingerprint density at radius 1 is 1.15 bits per heavy atom. The van der Waals surface area contributed by atoms with E-state index in [2.05, 4.69) is 10.5 Å². The summed E-state index contributed by atoms with van der Waals surface area (Å²) < 4.78 is 44.0. The molecule has 0 saturated carbocycles. The molecule has 0 radical (unpaired) electrons. The second-order valence-corrected chi connectivity index (χ2v) is 5.88. The molecule has 1 aliphatic rings. The van der Waals surface area contributed by atoms with E-state index in [4.69, 9.17) is 14.0 Å². The van der Waals surface area contributed by atoms with Crippen molar-refractivity contribution < 1.29 is 27.9 Å². The van der Waals surface area contributed by atoms with Crippen molar-refractivity contribution in [3.63, 3.8) is 0 Å². The Morgan fingerprint density at radius 3 is 2.62 bits per heavy atom. The minimum absolute atomic E-state index is 0.0534. The van der Waals surface area contributed by atoms with E-state index in [0.29, 0.717) is 13.2 Å². The van der Waals surface area contributed by atoms with Crippen molar-refractivity contribution in [3.05, 3.63) is 59.2 Å². The van der Waals surface area contributed by atoms with Crippen LogP contribution in [0.2, 0.25) is 0 Å². The number of benzene rings is 2. The van der Waals surface area contributed by atoms with Crippen LogP contribution in [0.5, 0.6) is 0 Å². The maximum atomic E-state index is 14.3. The highest BCUT2D eigenvalue weighted by atomic mass is 19.2. The van der Waals surface area contributed by atoms with Gasteiger partial charge in [-0.1, -0.05) is 35.5 Å². The number of anilines is 1. The van der Waals surface area contributed by atoms with Gasteiger partial charge in [-0.15, -0.1) is 0 Å². The highest BCUT2D eigenvalue weighted by Crippen LogP contribution is 2.34. The van der Waals surface area contributed by atoms with Crippen LogP contribution in [0.4, 0.5) is 14.6 Å². The molecule has 0 unspecified atom stereocenters. The topological polar surface area (TPSA) is 76.8 Å². The van der Waals surface area contributed by atoms with Crippen LogP contribution >= 0.6 is 0 Å². The Labute approximate surface area is 147 Å². The molecule has 2 heterocycles. The zero-order chi connectivity index (χ0) is 18.1. The highest BCUT2D eigenvalue weighted by Gasteiger charge is 2.28. The molecule has 0 spiro atoms. The van der Waals surface area contributed by atoms with Crippen molar-refractivity contribution in [2.45, 2.75) is 12.4 Å². The van der Waals surface area contributed by atoms with Crippen LogP contribution in [0.3, 0.4) is 0 Å². The second-order valence-electron chi connectivity index (χ2n) is 5.88. The van der Waals surface area contributed by atoms with Crippen molar-refractivity contribution in [3.8, 4) is 0 Å². The fourth-order valence-corrected chi connectivity index (χ4v) is 2.86. The van der Waals surface area contributed by atoms with E-state index in [1.807, 2.05) is 18.2 Å². The Balaban J connectivity index is 1.61. The lowest BCUT2D eigenvalue weighted by Crippen LogP contribution is -2.12. The van der Waals surface area contributed by atoms with Crippen LogP contribution in [0.15, 0.2) is 40.9 Å². The molecule has 0 bridgehead atoms. The summed E-state index contributed by atoms with van der Waals surface area (Å²) in [5.74, 6) is -2.04. The van der Waals surface area contributed by atoms with Gasteiger partial charge in [0.25, 0.3) is 0 Å². The average Bonchev–Trinajstić information content (AvgIpc) is 3.33. The Bertz CT molecular complexity index is 910. The lowest BCUT2D eigenvalue weighted by molar-refractivity contribution is -0.0467. The maximum Gasteiger partial charge on any atom is 0.207 e. The van der Waals surface area contributed by atoms with Crippen molar-refractivity contribution in [1.82, 2.24) is 5.16 Å². The summed E-state index contributed by atoms with van der Waals surface area (Å²) >= 11 is 0. The molecule has 4 rings (SSSR count). The van der Waals surface area contributed by atoms with Gasteiger partial charge >= 0.3 is 0 Å². The number of nitrogens with zero attached hydrogens (tertiary/aromatic N) is 1. The van der Waals surface area contributed by atoms with Crippen LogP contribution in [-0.4, -0.2) is 30.0 Å². The molecule has 1 atom stereocenters. The predicted molar refractivity (Wildman–Crippen MR) is 88.5 cm³/mol. The van der Waals surface area contributed by atoms with E-state index in [0.717, 1.165) is 5.56 Å². The SMILES string of the molecule is O[C@@H](CNc1noc2c(F)c(F)c(C3OCCO3)cc12)c1ccccc1. The molecule has 3 aromatic rings. The third-order valence-electron chi connectivity index (χ3n) is 4.20. The van der Waals surface area contributed by atoms with Gasteiger partial charge in [0.2, 0.25) is 11.4 Å². The van der Waals surface area contributed by atoms with Gasteiger partial charge in [0.05, 0.1) is 24.7 Å². The van der Waals surface area contributed by atoms with Crippen LogP contribution in [0.1, 0.15) is 23.5 Å². The Morgan fingerprint density at radius 2 is 1.88 bits per heavy atom. The van der Waals surface area contributed by atoms with E-state index in [9.17, 15) is 13.9 Å². The summed E-state index contributed by atoms with van der Waals surface area (Å²) in [7, 11) is 0. The molecule has 2 aromatic carbocycles. The van der Waals surface area contributed by atoms with Gasteiger partial charge in [-0.2, -0.15) is 4.39 Å². The molecule has 1 fully saturated rings. The lowest BCUT2D eigenvalue weighted by atomic mass is 10.1. The molecule has 0 amide bonds. The first-order valence-corrected chi connectivity index (χ1v) is 8.12. The normalized spacial score (nSPS) is 16.3. The van der Waals surface area contributed by atoms with E-state index < -0.39 is 24.0 Å². The second kappa shape index (κ2) is 6.99. The molecular formula is C18H16F2N2O4. The van der Waals surface area contributed by atoms with E-state index >= 15 is 0 Å². The van der Waals surface area contributed by atoms with Gasteiger partial charge in [-0.05, 0) is 11.6 Å². The lowest BCUT2D eigenvalue weighted by Gasteiger charge is -2.13. The first-order chi connectivity index (χ1) is 12.6. The molecule has 1 aromatic heterocycles. The molecular weight excluding hydrogens is 346 g/mol. The maximum absolute atomic E-state index is 14.3. The Kier molecular flexibility index (Phi) is 4.54. The van der Waals surface area contributed by atoms with E-state index in [1.54, 1.807) is 12.1 Å². The van der Waals surface area contributed by atoms with Crippen LogP contribution in [-0.2, 0) is 9.47 Å². The van der Waals surface area contributed by atoms with Gasteiger partial charge in [0.15, 0.2) is 17.9 Å². The molecule has 1 saturated heterocycles. The number of nitrogens with one attached hydrogen (secondary N) is 1. The van der Waals surface area contributed by atoms with Crippen molar-refractivity contribution in [2.24, 2.45) is 0 Å².